The Hall–Kier alpha value is -0.980. The summed E-state index contributed by atoms with van der Waals surface area (Å²) < 4.78 is 39.9. The van der Waals surface area contributed by atoms with E-state index < -0.39 is 10.0 Å². The number of hydrogen-bond donors (Lipinski definition) is 1. The van der Waals surface area contributed by atoms with Crippen LogP contribution < -0.4 is 5.32 Å². The van der Waals surface area contributed by atoms with Gasteiger partial charge in [0.25, 0.3) is 0 Å². The van der Waals surface area contributed by atoms with Gasteiger partial charge in [0.05, 0.1) is 4.90 Å². The number of sulfonamides is 1. The minimum Gasteiger partial charge on any atom is -0.313 e. The molecule has 0 aliphatic carbocycles. The average Bonchev–Trinajstić information content (AvgIpc) is 2.46. The molecular formula is C15H25FN2O2S. The molecule has 120 valence electrons. The Morgan fingerprint density at radius 3 is 2.57 bits per heavy atom. The number of unbranched alkanes of at least 4 members (excludes halogenated alkanes) is 2. The van der Waals surface area contributed by atoms with Gasteiger partial charge in [-0.1, -0.05) is 26.7 Å². The number of rotatable bonds is 9. The predicted molar refractivity (Wildman–Crippen MR) is 83.1 cm³/mol. The molecule has 0 saturated carbocycles. The van der Waals surface area contributed by atoms with Crippen molar-refractivity contribution in [3.05, 3.63) is 29.6 Å². The van der Waals surface area contributed by atoms with Crippen molar-refractivity contribution in [1.82, 2.24) is 9.62 Å². The second kappa shape index (κ2) is 8.46. The number of hydrogen-bond acceptors (Lipinski definition) is 3. The third-order valence-corrected chi connectivity index (χ3v) is 5.22. The van der Waals surface area contributed by atoms with E-state index in [2.05, 4.69) is 12.2 Å². The predicted octanol–water partition coefficient (Wildman–Crippen LogP) is 2.75. The molecule has 1 aromatic rings. The monoisotopic (exact) mass is 316 g/mol. The average molecular weight is 316 g/mol. The molecule has 0 aliphatic heterocycles. The van der Waals surface area contributed by atoms with Crippen molar-refractivity contribution in [2.45, 2.75) is 44.6 Å². The molecule has 1 N–H and O–H groups in total. The minimum atomic E-state index is -3.54. The second-order valence-electron chi connectivity index (χ2n) is 5.07. The highest BCUT2D eigenvalue weighted by Crippen LogP contribution is 2.19. The molecule has 0 fully saturated rings. The largest absolute Gasteiger partial charge is 0.313 e. The Labute approximate surface area is 127 Å². The molecule has 0 aliphatic rings. The molecule has 1 aromatic carbocycles. The molecule has 0 radical (unpaired) electrons. The maximum atomic E-state index is 13.7. The van der Waals surface area contributed by atoms with Crippen LogP contribution in [0, 0.1) is 5.82 Å². The van der Waals surface area contributed by atoms with E-state index in [0.717, 1.165) is 19.3 Å². The third-order valence-electron chi connectivity index (χ3n) is 3.37. The van der Waals surface area contributed by atoms with Crippen LogP contribution >= 0.6 is 0 Å². The summed E-state index contributed by atoms with van der Waals surface area (Å²) in [5.74, 6) is -0.386. The summed E-state index contributed by atoms with van der Waals surface area (Å²) in [6, 6.07) is 3.97. The van der Waals surface area contributed by atoms with Crippen LogP contribution in [0.15, 0.2) is 23.1 Å². The molecule has 0 heterocycles. The first kappa shape index (κ1) is 18.1. The van der Waals surface area contributed by atoms with Crippen molar-refractivity contribution in [2.24, 2.45) is 0 Å². The molecule has 0 unspecified atom stereocenters. The van der Waals surface area contributed by atoms with Crippen molar-refractivity contribution in [1.29, 1.82) is 0 Å². The minimum absolute atomic E-state index is 0.149. The van der Waals surface area contributed by atoms with Gasteiger partial charge in [0.15, 0.2) is 0 Å². The van der Waals surface area contributed by atoms with Crippen LogP contribution in [0.4, 0.5) is 4.39 Å². The van der Waals surface area contributed by atoms with Crippen LogP contribution in [0.2, 0.25) is 0 Å². The Morgan fingerprint density at radius 2 is 1.95 bits per heavy atom. The van der Waals surface area contributed by atoms with E-state index in [1.54, 1.807) is 7.05 Å². The lowest BCUT2D eigenvalue weighted by Gasteiger charge is -2.17. The normalized spacial score (nSPS) is 12.0. The topological polar surface area (TPSA) is 49.4 Å². The summed E-state index contributed by atoms with van der Waals surface area (Å²) in [5.41, 5.74) is 0.375. The van der Waals surface area contributed by atoms with Crippen molar-refractivity contribution in [2.75, 3.05) is 20.1 Å². The molecule has 0 amide bonds. The lowest BCUT2D eigenvalue weighted by molar-refractivity contribution is 0.454. The van der Waals surface area contributed by atoms with Gasteiger partial charge in [-0.25, -0.2) is 17.1 Å². The third kappa shape index (κ3) is 5.05. The molecule has 1 rings (SSSR count). The van der Waals surface area contributed by atoms with E-state index in [1.165, 1.54) is 22.5 Å². The lowest BCUT2D eigenvalue weighted by atomic mass is 10.2. The van der Waals surface area contributed by atoms with E-state index in [1.807, 2.05) is 6.92 Å². The van der Waals surface area contributed by atoms with Gasteiger partial charge in [-0.15, -0.1) is 0 Å². The molecule has 21 heavy (non-hydrogen) atoms. The summed E-state index contributed by atoms with van der Waals surface area (Å²) in [7, 11) is -1.98. The van der Waals surface area contributed by atoms with E-state index in [-0.39, 0.29) is 10.7 Å². The van der Waals surface area contributed by atoms with Crippen LogP contribution in [-0.2, 0) is 16.6 Å². The second-order valence-corrected chi connectivity index (χ2v) is 7.11. The zero-order valence-corrected chi connectivity index (χ0v) is 13.8. The summed E-state index contributed by atoms with van der Waals surface area (Å²) in [4.78, 5) is 0.149. The highest BCUT2D eigenvalue weighted by Gasteiger charge is 2.21. The van der Waals surface area contributed by atoms with Gasteiger partial charge in [-0.3, -0.25) is 0 Å². The van der Waals surface area contributed by atoms with Crippen molar-refractivity contribution in [3.63, 3.8) is 0 Å². The van der Waals surface area contributed by atoms with Gasteiger partial charge >= 0.3 is 0 Å². The fourth-order valence-electron chi connectivity index (χ4n) is 1.99. The summed E-state index contributed by atoms with van der Waals surface area (Å²) in [6.45, 7) is 5.50. The maximum Gasteiger partial charge on any atom is 0.242 e. The van der Waals surface area contributed by atoms with Crippen molar-refractivity contribution >= 4 is 10.0 Å². The molecule has 0 bridgehead atoms. The first-order valence-electron chi connectivity index (χ1n) is 7.39. The summed E-state index contributed by atoms with van der Waals surface area (Å²) in [6.07, 6.45) is 2.86. The Kier molecular flexibility index (Phi) is 7.28. The van der Waals surface area contributed by atoms with Crippen LogP contribution in [0.1, 0.15) is 38.7 Å². The zero-order valence-electron chi connectivity index (χ0n) is 13.0. The van der Waals surface area contributed by atoms with Crippen LogP contribution in [-0.4, -0.2) is 32.9 Å². The Bertz CT molecular complexity index is 547. The SMILES string of the molecule is CCCCCN(C)S(=O)(=O)c1ccc(F)c(CNCC)c1. The van der Waals surface area contributed by atoms with Crippen molar-refractivity contribution < 1.29 is 12.8 Å². The molecular weight excluding hydrogens is 291 g/mol. The molecule has 0 saturated heterocycles. The van der Waals surface area contributed by atoms with Gasteiger partial charge in [-0.05, 0) is 31.2 Å². The first-order chi connectivity index (χ1) is 9.93. The van der Waals surface area contributed by atoms with Gasteiger partial charge in [0, 0.05) is 25.7 Å². The van der Waals surface area contributed by atoms with Gasteiger partial charge in [-0.2, -0.15) is 0 Å². The van der Waals surface area contributed by atoms with Crippen LogP contribution in [0.25, 0.3) is 0 Å². The number of halogens is 1. The number of benzene rings is 1. The van der Waals surface area contributed by atoms with Crippen LogP contribution in [0.3, 0.4) is 0 Å². The lowest BCUT2D eigenvalue weighted by Crippen LogP contribution is -2.28. The molecule has 0 spiro atoms. The fourth-order valence-corrected chi connectivity index (χ4v) is 3.25. The van der Waals surface area contributed by atoms with E-state index in [0.29, 0.717) is 25.2 Å². The highest BCUT2D eigenvalue weighted by molar-refractivity contribution is 7.89. The molecule has 0 aromatic heterocycles. The Morgan fingerprint density at radius 1 is 1.24 bits per heavy atom. The number of nitrogens with zero attached hydrogens (tertiary/aromatic N) is 1. The smallest absolute Gasteiger partial charge is 0.242 e. The molecule has 4 nitrogen and oxygen atoms in total. The standard InChI is InChI=1S/C15H25FN2O2S/c1-4-6-7-10-18(3)21(19,20)14-8-9-15(16)13(11-14)12-17-5-2/h8-9,11,17H,4-7,10,12H2,1-3H3. The first-order valence-corrected chi connectivity index (χ1v) is 8.83. The van der Waals surface area contributed by atoms with Crippen LogP contribution in [0.5, 0.6) is 0 Å². The highest BCUT2D eigenvalue weighted by atomic mass is 32.2. The van der Waals surface area contributed by atoms with E-state index in [4.69, 9.17) is 0 Å². The van der Waals surface area contributed by atoms with Gasteiger partial charge < -0.3 is 5.32 Å². The summed E-state index contributed by atoms with van der Waals surface area (Å²) in [5, 5.41) is 3.01. The summed E-state index contributed by atoms with van der Waals surface area (Å²) >= 11 is 0. The quantitative estimate of drug-likeness (QED) is 0.713. The molecule has 0 atom stereocenters. The zero-order chi connectivity index (χ0) is 15.9. The van der Waals surface area contributed by atoms with Gasteiger partial charge in [0.1, 0.15) is 5.82 Å². The van der Waals surface area contributed by atoms with Gasteiger partial charge in [0.2, 0.25) is 10.0 Å². The maximum absolute atomic E-state index is 13.7. The van der Waals surface area contributed by atoms with E-state index >= 15 is 0 Å². The molecule has 6 heteroatoms. The van der Waals surface area contributed by atoms with E-state index in [9.17, 15) is 12.8 Å². The fraction of sp³-hybridized carbons (Fsp3) is 0.600. The van der Waals surface area contributed by atoms with Crippen molar-refractivity contribution in [3.8, 4) is 0 Å². The number of nitrogens with one attached hydrogen (secondary N) is 1. The Balaban J connectivity index is 2.92.